The maximum atomic E-state index is 13.3. The molecule has 6 nitrogen and oxygen atoms in total. The normalized spacial score (nSPS) is 15.7. The number of carbonyl (C=O) groups excluding carboxylic acids is 2. The van der Waals surface area contributed by atoms with E-state index in [1.807, 2.05) is 43.4 Å². The Bertz CT molecular complexity index is 1100. The zero-order valence-electron chi connectivity index (χ0n) is 18.5. The van der Waals surface area contributed by atoms with Gasteiger partial charge in [0.05, 0.1) is 6.04 Å². The standard InChI is InChI=1S/C25H30N4O2/c1-4-28(5-2)15-14-26-23(30)17-29-24(19-11-6-7-12-20(19)25(29)31)21-16-27(3)22-13-9-8-10-18(21)22/h6-13,16,24H,4-5,14-15,17H2,1-3H3,(H,26,30). The number of aromatic nitrogens is 1. The van der Waals surface area contributed by atoms with E-state index < -0.39 is 0 Å². The number of rotatable bonds is 8. The minimum absolute atomic E-state index is 0.0413. The number of carbonyl (C=O) groups is 2. The van der Waals surface area contributed by atoms with E-state index in [1.54, 1.807) is 4.90 Å². The van der Waals surface area contributed by atoms with Crippen molar-refractivity contribution >= 4 is 22.7 Å². The number of amides is 2. The highest BCUT2D eigenvalue weighted by Gasteiger charge is 2.39. The molecule has 4 rings (SSSR count). The molecule has 0 saturated heterocycles. The van der Waals surface area contributed by atoms with E-state index in [-0.39, 0.29) is 24.4 Å². The third-order valence-electron chi connectivity index (χ3n) is 6.24. The summed E-state index contributed by atoms with van der Waals surface area (Å²) in [5, 5.41) is 4.09. The first-order valence-corrected chi connectivity index (χ1v) is 11.0. The maximum absolute atomic E-state index is 13.3. The summed E-state index contributed by atoms with van der Waals surface area (Å²) >= 11 is 0. The molecule has 0 fully saturated rings. The Morgan fingerprint density at radius 2 is 1.74 bits per heavy atom. The van der Waals surface area contributed by atoms with Gasteiger partial charge in [0.15, 0.2) is 0 Å². The van der Waals surface area contributed by atoms with Crippen LogP contribution < -0.4 is 5.32 Å². The highest BCUT2D eigenvalue weighted by molar-refractivity contribution is 6.02. The lowest BCUT2D eigenvalue weighted by atomic mass is 9.97. The van der Waals surface area contributed by atoms with Crippen molar-refractivity contribution in [2.24, 2.45) is 7.05 Å². The Labute approximate surface area is 183 Å². The minimum atomic E-state index is -0.275. The van der Waals surface area contributed by atoms with Crippen molar-refractivity contribution in [2.75, 3.05) is 32.7 Å². The van der Waals surface area contributed by atoms with Gasteiger partial charge in [-0.3, -0.25) is 9.59 Å². The Kier molecular flexibility index (Phi) is 6.09. The predicted molar refractivity (Wildman–Crippen MR) is 123 cm³/mol. The molecule has 31 heavy (non-hydrogen) atoms. The molecule has 3 aromatic rings. The molecule has 1 aromatic heterocycles. The number of benzene rings is 2. The molecule has 0 bridgehead atoms. The molecule has 1 aliphatic rings. The molecule has 0 spiro atoms. The number of nitrogens with one attached hydrogen (secondary N) is 1. The Balaban J connectivity index is 1.62. The van der Waals surface area contributed by atoms with Crippen LogP contribution in [-0.4, -0.2) is 58.9 Å². The second-order valence-electron chi connectivity index (χ2n) is 8.01. The summed E-state index contributed by atoms with van der Waals surface area (Å²) in [6, 6.07) is 15.6. The van der Waals surface area contributed by atoms with Crippen molar-refractivity contribution in [3.8, 4) is 0 Å². The van der Waals surface area contributed by atoms with Crippen LogP contribution in [0.3, 0.4) is 0 Å². The number of likely N-dealkylation sites (N-methyl/N-ethyl adjacent to an activating group) is 1. The van der Waals surface area contributed by atoms with Crippen molar-refractivity contribution in [3.05, 3.63) is 71.4 Å². The summed E-state index contributed by atoms with van der Waals surface area (Å²) in [6.45, 7) is 7.55. The van der Waals surface area contributed by atoms with Gasteiger partial charge in [-0.25, -0.2) is 0 Å². The number of hydrogen-bond donors (Lipinski definition) is 1. The molecule has 1 N–H and O–H groups in total. The van der Waals surface area contributed by atoms with Gasteiger partial charge in [0.1, 0.15) is 6.54 Å². The molecule has 2 heterocycles. The minimum Gasteiger partial charge on any atom is -0.353 e. The van der Waals surface area contributed by atoms with E-state index in [0.29, 0.717) is 12.1 Å². The van der Waals surface area contributed by atoms with Crippen molar-refractivity contribution in [3.63, 3.8) is 0 Å². The van der Waals surface area contributed by atoms with Crippen molar-refractivity contribution in [2.45, 2.75) is 19.9 Å². The molecule has 162 valence electrons. The molecule has 1 atom stereocenters. The first-order valence-electron chi connectivity index (χ1n) is 11.0. The number of para-hydroxylation sites is 1. The molecular weight excluding hydrogens is 388 g/mol. The zero-order valence-corrected chi connectivity index (χ0v) is 18.5. The molecule has 0 saturated carbocycles. The van der Waals surface area contributed by atoms with E-state index in [2.05, 4.69) is 47.0 Å². The third kappa shape index (κ3) is 3.95. The smallest absolute Gasteiger partial charge is 0.255 e. The summed E-state index contributed by atoms with van der Waals surface area (Å²) in [4.78, 5) is 30.0. The summed E-state index contributed by atoms with van der Waals surface area (Å²) in [6.07, 6.45) is 2.08. The first kappa shape index (κ1) is 21.1. The number of fused-ring (bicyclic) bond motifs is 2. The first-order chi connectivity index (χ1) is 15.0. The van der Waals surface area contributed by atoms with Crippen LogP contribution in [0.1, 0.15) is 41.4 Å². The molecular formula is C25H30N4O2. The van der Waals surface area contributed by atoms with E-state index in [4.69, 9.17) is 0 Å². The summed E-state index contributed by atoms with van der Waals surface area (Å²) in [7, 11) is 2.01. The van der Waals surface area contributed by atoms with Gasteiger partial charge in [0.2, 0.25) is 5.91 Å². The quantitative estimate of drug-likeness (QED) is 0.611. The second kappa shape index (κ2) is 8.94. The molecule has 6 heteroatoms. The third-order valence-corrected chi connectivity index (χ3v) is 6.24. The fourth-order valence-corrected chi connectivity index (χ4v) is 4.56. The van der Waals surface area contributed by atoms with Gasteiger partial charge in [-0.15, -0.1) is 0 Å². The molecule has 0 radical (unpaired) electrons. The Morgan fingerprint density at radius 3 is 2.52 bits per heavy atom. The zero-order chi connectivity index (χ0) is 22.0. The van der Waals surface area contributed by atoms with Crippen LogP contribution in [0.2, 0.25) is 0 Å². The lowest BCUT2D eigenvalue weighted by Gasteiger charge is -2.25. The fourth-order valence-electron chi connectivity index (χ4n) is 4.56. The van der Waals surface area contributed by atoms with Crippen molar-refractivity contribution < 1.29 is 9.59 Å². The summed E-state index contributed by atoms with van der Waals surface area (Å²) in [5.41, 5.74) is 3.79. The largest absolute Gasteiger partial charge is 0.353 e. The monoisotopic (exact) mass is 418 g/mol. The van der Waals surface area contributed by atoms with E-state index in [9.17, 15) is 9.59 Å². The average molecular weight is 419 g/mol. The van der Waals surface area contributed by atoms with Gasteiger partial charge in [-0.1, -0.05) is 50.2 Å². The van der Waals surface area contributed by atoms with Crippen LogP contribution >= 0.6 is 0 Å². The van der Waals surface area contributed by atoms with Crippen molar-refractivity contribution in [1.29, 1.82) is 0 Å². The van der Waals surface area contributed by atoms with E-state index in [0.717, 1.165) is 41.7 Å². The van der Waals surface area contributed by atoms with Crippen LogP contribution in [0, 0.1) is 0 Å². The molecule has 2 aromatic carbocycles. The van der Waals surface area contributed by atoms with Gasteiger partial charge in [-0.05, 0) is 30.8 Å². The maximum Gasteiger partial charge on any atom is 0.255 e. The highest BCUT2D eigenvalue weighted by Crippen LogP contribution is 2.41. The van der Waals surface area contributed by atoms with Crippen LogP contribution in [0.15, 0.2) is 54.7 Å². The number of nitrogens with zero attached hydrogens (tertiary/aromatic N) is 3. The number of aryl methyl sites for hydroxylation is 1. The molecule has 0 aliphatic carbocycles. The summed E-state index contributed by atoms with van der Waals surface area (Å²) in [5.74, 6) is -0.217. The van der Waals surface area contributed by atoms with Gasteiger partial charge in [0.25, 0.3) is 5.91 Å². The molecule has 1 unspecified atom stereocenters. The molecule has 2 amide bonds. The highest BCUT2D eigenvalue weighted by atomic mass is 16.2. The average Bonchev–Trinajstić information content (AvgIpc) is 3.26. The second-order valence-corrected chi connectivity index (χ2v) is 8.01. The Hall–Kier alpha value is -3.12. The lowest BCUT2D eigenvalue weighted by Crippen LogP contribution is -2.42. The van der Waals surface area contributed by atoms with Gasteiger partial charge in [-0.2, -0.15) is 0 Å². The SMILES string of the molecule is CCN(CC)CCNC(=O)CN1C(=O)c2ccccc2C1c1cn(C)c2ccccc12. The van der Waals surface area contributed by atoms with Crippen molar-refractivity contribution in [1.82, 2.24) is 19.7 Å². The van der Waals surface area contributed by atoms with Gasteiger partial charge >= 0.3 is 0 Å². The van der Waals surface area contributed by atoms with Crippen LogP contribution in [0.25, 0.3) is 10.9 Å². The van der Waals surface area contributed by atoms with Gasteiger partial charge in [0, 0.05) is 48.4 Å². The van der Waals surface area contributed by atoms with E-state index in [1.165, 1.54) is 0 Å². The lowest BCUT2D eigenvalue weighted by molar-refractivity contribution is -0.122. The fraction of sp³-hybridized carbons (Fsp3) is 0.360. The predicted octanol–water partition coefficient (Wildman–Crippen LogP) is 3.18. The van der Waals surface area contributed by atoms with E-state index >= 15 is 0 Å². The number of hydrogen-bond acceptors (Lipinski definition) is 3. The Morgan fingerprint density at radius 1 is 1.03 bits per heavy atom. The summed E-state index contributed by atoms with van der Waals surface area (Å²) < 4.78 is 2.08. The van der Waals surface area contributed by atoms with Crippen LogP contribution in [0.5, 0.6) is 0 Å². The molecule has 1 aliphatic heterocycles. The van der Waals surface area contributed by atoms with Crippen LogP contribution in [0.4, 0.5) is 0 Å². The van der Waals surface area contributed by atoms with Gasteiger partial charge < -0.3 is 19.7 Å². The van der Waals surface area contributed by atoms with Crippen LogP contribution in [-0.2, 0) is 11.8 Å². The topological polar surface area (TPSA) is 57.6 Å².